The van der Waals surface area contributed by atoms with Gasteiger partial charge in [0.05, 0.1) is 6.10 Å². The van der Waals surface area contributed by atoms with Crippen molar-refractivity contribution in [1.29, 1.82) is 0 Å². The predicted molar refractivity (Wildman–Crippen MR) is 92.1 cm³/mol. The van der Waals surface area contributed by atoms with E-state index in [2.05, 4.69) is 61.7 Å². The standard InChI is InChI=1S/C18H29N3O/c1-4-19-18(21-14(2)3)20-13-16-11-8-12-22-17(16)15-9-6-5-7-10-15/h5-7,9-10,14,16-17H,4,8,11-13H2,1-3H3,(H2,19,20,21). The number of guanidine groups is 1. The molecule has 0 saturated carbocycles. The van der Waals surface area contributed by atoms with Gasteiger partial charge in [0.1, 0.15) is 0 Å². The lowest BCUT2D eigenvalue weighted by Crippen LogP contribution is -2.41. The van der Waals surface area contributed by atoms with Crippen LogP contribution in [0, 0.1) is 5.92 Å². The summed E-state index contributed by atoms with van der Waals surface area (Å²) in [5.41, 5.74) is 1.27. The van der Waals surface area contributed by atoms with Crippen LogP contribution in [0.2, 0.25) is 0 Å². The Morgan fingerprint density at radius 1 is 1.32 bits per heavy atom. The Bertz CT molecular complexity index is 459. The molecule has 0 bridgehead atoms. The minimum Gasteiger partial charge on any atom is -0.373 e. The molecule has 2 N–H and O–H groups in total. The summed E-state index contributed by atoms with van der Waals surface area (Å²) in [6.45, 7) is 8.87. The van der Waals surface area contributed by atoms with Crippen LogP contribution in [0.1, 0.15) is 45.3 Å². The third kappa shape index (κ3) is 5.02. The van der Waals surface area contributed by atoms with Crippen molar-refractivity contribution in [2.45, 2.75) is 45.8 Å². The Hall–Kier alpha value is -1.55. The summed E-state index contributed by atoms with van der Waals surface area (Å²) in [6, 6.07) is 10.9. The largest absolute Gasteiger partial charge is 0.373 e. The normalized spacial score (nSPS) is 22.6. The Morgan fingerprint density at radius 3 is 2.77 bits per heavy atom. The maximum Gasteiger partial charge on any atom is 0.191 e. The molecule has 4 nitrogen and oxygen atoms in total. The molecule has 4 heteroatoms. The lowest BCUT2D eigenvalue weighted by atomic mass is 9.89. The van der Waals surface area contributed by atoms with E-state index >= 15 is 0 Å². The first-order valence-corrected chi connectivity index (χ1v) is 8.42. The van der Waals surface area contributed by atoms with Gasteiger partial charge in [-0.25, -0.2) is 0 Å². The summed E-state index contributed by atoms with van der Waals surface area (Å²) in [4.78, 5) is 4.77. The monoisotopic (exact) mass is 303 g/mol. The third-order valence-corrected chi connectivity index (χ3v) is 3.83. The van der Waals surface area contributed by atoms with E-state index in [-0.39, 0.29) is 6.10 Å². The van der Waals surface area contributed by atoms with E-state index in [1.165, 1.54) is 12.0 Å². The highest BCUT2D eigenvalue weighted by Gasteiger charge is 2.27. The van der Waals surface area contributed by atoms with E-state index in [1.807, 2.05) is 0 Å². The van der Waals surface area contributed by atoms with Gasteiger partial charge in [0.15, 0.2) is 5.96 Å². The van der Waals surface area contributed by atoms with Gasteiger partial charge in [-0.3, -0.25) is 4.99 Å². The number of hydrogen-bond donors (Lipinski definition) is 2. The van der Waals surface area contributed by atoms with E-state index in [0.29, 0.717) is 12.0 Å². The molecule has 1 aromatic rings. The van der Waals surface area contributed by atoms with Crippen molar-refractivity contribution in [2.75, 3.05) is 19.7 Å². The number of aliphatic imine (C=N–C) groups is 1. The molecule has 22 heavy (non-hydrogen) atoms. The fraction of sp³-hybridized carbons (Fsp3) is 0.611. The van der Waals surface area contributed by atoms with Crippen LogP contribution in [0.25, 0.3) is 0 Å². The summed E-state index contributed by atoms with van der Waals surface area (Å²) in [7, 11) is 0. The van der Waals surface area contributed by atoms with Gasteiger partial charge in [-0.2, -0.15) is 0 Å². The van der Waals surface area contributed by atoms with Crippen molar-refractivity contribution in [3.8, 4) is 0 Å². The van der Waals surface area contributed by atoms with Crippen molar-refractivity contribution < 1.29 is 4.74 Å². The molecule has 2 atom stereocenters. The first-order chi connectivity index (χ1) is 10.7. The van der Waals surface area contributed by atoms with Crippen LogP contribution in [0.15, 0.2) is 35.3 Å². The average Bonchev–Trinajstić information content (AvgIpc) is 2.53. The molecule has 1 aliphatic heterocycles. The second-order valence-corrected chi connectivity index (χ2v) is 6.12. The second-order valence-electron chi connectivity index (χ2n) is 6.12. The lowest BCUT2D eigenvalue weighted by Gasteiger charge is -2.31. The molecule has 0 aromatic heterocycles. The molecule has 1 fully saturated rings. The summed E-state index contributed by atoms with van der Waals surface area (Å²) < 4.78 is 6.04. The molecule has 1 aromatic carbocycles. The fourth-order valence-electron chi connectivity index (χ4n) is 2.84. The van der Waals surface area contributed by atoms with Crippen molar-refractivity contribution in [3.05, 3.63) is 35.9 Å². The zero-order valence-corrected chi connectivity index (χ0v) is 14.0. The highest BCUT2D eigenvalue weighted by atomic mass is 16.5. The topological polar surface area (TPSA) is 45.7 Å². The third-order valence-electron chi connectivity index (χ3n) is 3.83. The lowest BCUT2D eigenvalue weighted by molar-refractivity contribution is -0.0250. The minimum atomic E-state index is 0.167. The molecule has 2 rings (SSSR count). The van der Waals surface area contributed by atoms with Crippen LogP contribution in [0.5, 0.6) is 0 Å². The van der Waals surface area contributed by atoms with Crippen LogP contribution in [0.4, 0.5) is 0 Å². The number of ether oxygens (including phenoxy) is 1. The smallest absolute Gasteiger partial charge is 0.191 e. The molecular formula is C18H29N3O. The first-order valence-electron chi connectivity index (χ1n) is 8.42. The number of nitrogens with zero attached hydrogens (tertiary/aromatic N) is 1. The van der Waals surface area contributed by atoms with Gasteiger partial charge in [-0.1, -0.05) is 30.3 Å². The SMILES string of the molecule is CCNC(=NCC1CCCOC1c1ccccc1)NC(C)C. The molecule has 0 amide bonds. The molecule has 122 valence electrons. The number of nitrogens with one attached hydrogen (secondary N) is 2. The van der Waals surface area contributed by atoms with Crippen LogP contribution >= 0.6 is 0 Å². The summed E-state index contributed by atoms with van der Waals surface area (Å²) in [5.74, 6) is 1.34. The molecule has 0 spiro atoms. The highest BCUT2D eigenvalue weighted by Crippen LogP contribution is 2.33. The minimum absolute atomic E-state index is 0.167. The van der Waals surface area contributed by atoms with E-state index in [4.69, 9.17) is 9.73 Å². The number of hydrogen-bond acceptors (Lipinski definition) is 2. The van der Waals surface area contributed by atoms with Gasteiger partial charge in [0.2, 0.25) is 0 Å². The summed E-state index contributed by atoms with van der Waals surface area (Å²) in [6.07, 6.45) is 2.46. The molecule has 1 saturated heterocycles. The number of rotatable bonds is 5. The zero-order valence-electron chi connectivity index (χ0n) is 14.0. The van der Waals surface area contributed by atoms with Crippen LogP contribution in [0.3, 0.4) is 0 Å². The highest BCUT2D eigenvalue weighted by molar-refractivity contribution is 5.79. The Morgan fingerprint density at radius 2 is 2.09 bits per heavy atom. The van der Waals surface area contributed by atoms with Gasteiger partial charge in [-0.15, -0.1) is 0 Å². The van der Waals surface area contributed by atoms with Gasteiger partial charge < -0.3 is 15.4 Å². The predicted octanol–water partition coefficient (Wildman–Crippen LogP) is 3.12. The van der Waals surface area contributed by atoms with Gasteiger partial charge in [-0.05, 0) is 39.2 Å². The molecule has 0 radical (unpaired) electrons. The second kappa shape index (κ2) is 8.79. The van der Waals surface area contributed by atoms with Gasteiger partial charge in [0.25, 0.3) is 0 Å². The maximum absolute atomic E-state index is 6.04. The average molecular weight is 303 g/mol. The van der Waals surface area contributed by atoms with Crippen molar-refractivity contribution >= 4 is 5.96 Å². The Balaban J connectivity index is 2.04. The molecule has 1 heterocycles. The first kappa shape index (κ1) is 16.8. The van der Waals surface area contributed by atoms with Crippen LogP contribution < -0.4 is 10.6 Å². The maximum atomic E-state index is 6.04. The van der Waals surface area contributed by atoms with Gasteiger partial charge in [0, 0.05) is 31.7 Å². The zero-order chi connectivity index (χ0) is 15.8. The molecule has 1 aliphatic rings. The van der Waals surface area contributed by atoms with E-state index in [1.54, 1.807) is 0 Å². The van der Waals surface area contributed by atoms with E-state index in [9.17, 15) is 0 Å². The Labute approximate surface area is 134 Å². The summed E-state index contributed by atoms with van der Waals surface area (Å²) >= 11 is 0. The Kier molecular flexibility index (Phi) is 6.72. The van der Waals surface area contributed by atoms with E-state index < -0.39 is 0 Å². The summed E-state index contributed by atoms with van der Waals surface area (Å²) in [5, 5.41) is 6.68. The number of benzene rings is 1. The van der Waals surface area contributed by atoms with Crippen molar-refractivity contribution in [2.24, 2.45) is 10.9 Å². The van der Waals surface area contributed by atoms with E-state index in [0.717, 1.165) is 32.1 Å². The quantitative estimate of drug-likeness (QED) is 0.649. The van der Waals surface area contributed by atoms with Crippen molar-refractivity contribution in [1.82, 2.24) is 10.6 Å². The molecular weight excluding hydrogens is 274 g/mol. The molecule has 0 aliphatic carbocycles. The van der Waals surface area contributed by atoms with Crippen molar-refractivity contribution in [3.63, 3.8) is 0 Å². The van der Waals surface area contributed by atoms with Crippen LogP contribution in [-0.2, 0) is 4.74 Å². The van der Waals surface area contributed by atoms with Gasteiger partial charge >= 0.3 is 0 Å². The van der Waals surface area contributed by atoms with Crippen LogP contribution in [-0.4, -0.2) is 31.7 Å². The molecule has 2 unspecified atom stereocenters. The fourth-order valence-corrected chi connectivity index (χ4v) is 2.84.